The van der Waals surface area contributed by atoms with Crippen molar-refractivity contribution in [2.45, 2.75) is 25.5 Å². The smallest absolute Gasteiger partial charge is 0.240 e. The van der Waals surface area contributed by atoms with E-state index < -0.39 is 11.9 Å². The maximum atomic E-state index is 11.7. The molecule has 6 nitrogen and oxygen atoms in total. The lowest BCUT2D eigenvalue weighted by atomic mass is 10.1. The third kappa shape index (κ3) is 3.49. The van der Waals surface area contributed by atoms with Crippen molar-refractivity contribution in [2.24, 2.45) is 11.5 Å². The minimum Gasteiger partial charge on any atom is -0.375 e. The highest BCUT2D eigenvalue weighted by Gasteiger charge is 2.26. The number of rotatable bonds is 3. The van der Waals surface area contributed by atoms with Crippen LogP contribution in [0.5, 0.6) is 0 Å². The lowest BCUT2D eigenvalue weighted by Crippen LogP contribution is -2.51. The Morgan fingerprint density at radius 1 is 1.60 bits per heavy atom. The van der Waals surface area contributed by atoms with Gasteiger partial charge in [0.2, 0.25) is 11.8 Å². The molecule has 1 aliphatic heterocycles. The van der Waals surface area contributed by atoms with E-state index in [0.717, 1.165) is 0 Å². The van der Waals surface area contributed by atoms with Gasteiger partial charge in [0.15, 0.2) is 0 Å². The zero-order chi connectivity index (χ0) is 11.4. The molecule has 1 aliphatic rings. The monoisotopic (exact) mass is 215 g/mol. The van der Waals surface area contributed by atoms with Crippen molar-refractivity contribution in [3.8, 4) is 0 Å². The number of carbonyl (C=O) groups is 2. The van der Waals surface area contributed by atoms with Crippen LogP contribution >= 0.6 is 0 Å². The number of nitrogens with two attached hydrogens (primary N) is 2. The maximum Gasteiger partial charge on any atom is 0.240 e. The van der Waals surface area contributed by atoms with E-state index >= 15 is 0 Å². The van der Waals surface area contributed by atoms with Gasteiger partial charge < -0.3 is 21.1 Å². The van der Waals surface area contributed by atoms with Crippen LogP contribution in [0.3, 0.4) is 0 Å². The van der Waals surface area contributed by atoms with Gasteiger partial charge in [-0.15, -0.1) is 0 Å². The summed E-state index contributed by atoms with van der Waals surface area (Å²) >= 11 is 0. The van der Waals surface area contributed by atoms with Gasteiger partial charge in [-0.25, -0.2) is 0 Å². The summed E-state index contributed by atoms with van der Waals surface area (Å²) in [5, 5.41) is 0. The SMILES string of the molecule is CC1CN(C(=O)C(N)CC(N)=O)CCO1. The molecule has 1 saturated heterocycles. The molecule has 15 heavy (non-hydrogen) atoms. The van der Waals surface area contributed by atoms with Crippen LogP contribution in [0.25, 0.3) is 0 Å². The lowest BCUT2D eigenvalue weighted by Gasteiger charge is -2.32. The van der Waals surface area contributed by atoms with Crippen LogP contribution in [0.4, 0.5) is 0 Å². The first-order chi connectivity index (χ1) is 7.00. The van der Waals surface area contributed by atoms with Gasteiger partial charge in [-0.1, -0.05) is 0 Å². The second-order valence-electron chi connectivity index (χ2n) is 3.74. The molecule has 2 atom stereocenters. The van der Waals surface area contributed by atoms with Gasteiger partial charge in [-0.2, -0.15) is 0 Å². The van der Waals surface area contributed by atoms with Crippen molar-refractivity contribution in [1.29, 1.82) is 0 Å². The molecule has 0 bridgehead atoms. The zero-order valence-electron chi connectivity index (χ0n) is 8.81. The second-order valence-corrected chi connectivity index (χ2v) is 3.74. The molecule has 0 saturated carbocycles. The first-order valence-electron chi connectivity index (χ1n) is 4.95. The number of hydrogen-bond acceptors (Lipinski definition) is 4. The van der Waals surface area contributed by atoms with Crippen molar-refractivity contribution >= 4 is 11.8 Å². The van der Waals surface area contributed by atoms with Gasteiger partial charge in [-0.3, -0.25) is 9.59 Å². The maximum absolute atomic E-state index is 11.7. The number of amides is 2. The van der Waals surface area contributed by atoms with E-state index in [4.69, 9.17) is 16.2 Å². The summed E-state index contributed by atoms with van der Waals surface area (Å²) in [5.41, 5.74) is 10.5. The molecule has 2 unspecified atom stereocenters. The summed E-state index contributed by atoms with van der Waals surface area (Å²) < 4.78 is 5.29. The lowest BCUT2D eigenvalue weighted by molar-refractivity contribution is -0.140. The quantitative estimate of drug-likeness (QED) is 0.594. The molecular weight excluding hydrogens is 198 g/mol. The summed E-state index contributed by atoms with van der Waals surface area (Å²) in [7, 11) is 0. The fraction of sp³-hybridized carbons (Fsp3) is 0.778. The van der Waals surface area contributed by atoms with Crippen LogP contribution in [-0.2, 0) is 14.3 Å². The largest absolute Gasteiger partial charge is 0.375 e. The van der Waals surface area contributed by atoms with Crippen molar-refractivity contribution in [1.82, 2.24) is 4.90 Å². The van der Waals surface area contributed by atoms with E-state index in [0.29, 0.717) is 19.7 Å². The predicted molar refractivity (Wildman–Crippen MR) is 53.8 cm³/mol. The van der Waals surface area contributed by atoms with E-state index in [-0.39, 0.29) is 18.4 Å². The van der Waals surface area contributed by atoms with Crippen LogP contribution in [0.2, 0.25) is 0 Å². The molecule has 86 valence electrons. The molecule has 0 aliphatic carbocycles. The molecule has 1 heterocycles. The topological polar surface area (TPSA) is 98.6 Å². The van der Waals surface area contributed by atoms with Crippen LogP contribution in [0.1, 0.15) is 13.3 Å². The van der Waals surface area contributed by atoms with E-state index in [1.807, 2.05) is 6.92 Å². The molecule has 0 aromatic heterocycles. The van der Waals surface area contributed by atoms with Crippen molar-refractivity contribution in [3.05, 3.63) is 0 Å². The first-order valence-corrected chi connectivity index (χ1v) is 4.95. The van der Waals surface area contributed by atoms with Crippen LogP contribution in [-0.4, -0.2) is 48.6 Å². The number of hydrogen-bond donors (Lipinski definition) is 2. The molecule has 4 N–H and O–H groups in total. The molecule has 0 radical (unpaired) electrons. The Kier molecular flexibility index (Phi) is 4.05. The standard InChI is InChI=1S/C9H17N3O3/c1-6-5-12(2-3-15-6)9(14)7(10)4-8(11)13/h6-7H,2-5,10H2,1H3,(H2,11,13). The minimum absolute atomic E-state index is 0.0171. The average molecular weight is 215 g/mol. The molecular formula is C9H17N3O3. The Hall–Kier alpha value is -1.14. The fourth-order valence-corrected chi connectivity index (χ4v) is 1.56. The number of nitrogens with zero attached hydrogens (tertiary/aromatic N) is 1. The molecule has 0 aromatic rings. The van der Waals surface area contributed by atoms with E-state index in [1.54, 1.807) is 4.90 Å². The minimum atomic E-state index is -0.826. The Labute approximate surface area is 88.5 Å². The van der Waals surface area contributed by atoms with Gasteiger partial charge in [0, 0.05) is 13.1 Å². The third-order valence-corrected chi connectivity index (χ3v) is 2.29. The van der Waals surface area contributed by atoms with Gasteiger partial charge in [0.25, 0.3) is 0 Å². The molecule has 6 heteroatoms. The van der Waals surface area contributed by atoms with Crippen molar-refractivity contribution in [2.75, 3.05) is 19.7 Å². The Morgan fingerprint density at radius 2 is 2.27 bits per heavy atom. The van der Waals surface area contributed by atoms with Gasteiger partial charge in [0.05, 0.1) is 25.2 Å². The summed E-state index contributed by atoms with van der Waals surface area (Å²) in [4.78, 5) is 23.9. The number of carbonyl (C=O) groups excluding carboxylic acids is 2. The van der Waals surface area contributed by atoms with Crippen molar-refractivity contribution in [3.63, 3.8) is 0 Å². The Balaban J connectivity index is 2.47. The summed E-state index contributed by atoms with van der Waals surface area (Å²) in [5.74, 6) is -0.791. The number of primary amides is 1. The first kappa shape index (κ1) is 11.9. The van der Waals surface area contributed by atoms with E-state index in [1.165, 1.54) is 0 Å². The zero-order valence-corrected chi connectivity index (χ0v) is 8.81. The molecule has 0 aromatic carbocycles. The predicted octanol–water partition coefficient (Wildman–Crippen LogP) is -1.56. The molecule has 1 rings (SSSR count). The average Bonchev–Trinajstić information content (AvgIpc) is 2.15. The van der Waals surface area contributed by atoms with E-state index in [9.17, 15) is 9.59 Å². The highest BCUT2D eigenvalue weighted by atomic mass is 16.5. The summed E-state index contributed by atoms with van der Waals surface area (Å²) in [6, 6.07) is -0.826. The van der Waals surface area contributed by atoms with Crippen LogP contribution < -0.4 is 11.5 Å². The van der Waals surface area contributed by atoms with Crippen LogP contribution in [0, 0.1) is 0 Å². The number of morpholine rings is 1. The van der Waals surface area contributed by atoms with Gasteiger partial charge in [0.1, 0.15) is 0 Å². The molecule has 1 fully saturated rings. The molecule has 2 amide bonds. The van der Waals surface area contributed by atoms with Crippen molar-refractivity contribution < 1.29 is 14.3 Å². The fourth-order valence-electron chi connectivity index (χ4n) is 1.56. The molecule has 0 spiro atoms. The summed E-state index contributed by atoms with van der Waals surface area (Å²) in [6.45, 7) is 3.44. The summed E-state index contributed by atoms with van der Waals surface area (Å²) in [6.07, 6.45) is -0.0895. The number of ether oxygens (including phenoxy) is 1. The van der Waals surface area contributed by atoms with Gasteiger partial charge in [-0.05, 0) is 6.92 Å². The van der Waals surface area contributed by atoms with E-state index in [2.05, 4.69) is 0 Å². The second kappa shape index (κ2) is 5.09. The third-order valence-electron chi connectivity index (χ3n) is 2.29. The van der Waals surface area contributed by atoms with Gasteiger partial charge >= 0.3 is 0 Å². The Bertz CT molecular complexity index is 257. The normalized spacial score (nSPS) is 23.6. The Morgan fingerprint density at radius 3 is 2.80 bits per heavy atom. The highest BCUT2D eigenvalue weighted by molar-refractivity contribution is 5.87. The highest BCUT2D eigenvalue weighted by Crippen LogP contribution is 2.06. The van der Waals surface area contributed by atoms with Crippen LogP contribution in [0.15, 0.2) is 0 Å².